The Kier molecular flexibility index (Phi) is 6.95. The van der Waals surface area contributed by atoms with Crippen molar-refractivity contribution in [2.75, 3.05) is 19.5 Å². The Bertz CT molecular complexity index is 1140. The number of amides is 1. The van der Waals surface area contributed by atoms with E-state index in [0.717, 1.165) is 28.2 Å². The molecule has 0 radical (unpaired) electrons. The average molecular weight is 440 g/mol. The lowest BCUT2D eigenvalue weighted by molar-refractivity contribution is -0.116. The zero-order chi connectivity index (χ0) is 23.0. The maximum atomic E-state index is 12.6. The van der Waals surface area contributed by atoms with Crippen LogP contribution in [0.3, 0.4) is 0 Å². The molecule has 0 unspecified atom stereocenters. The lowest BCUT2D eigenvalue weighted by atomic mass is 10.1. The third kappa shape index (κ3) is 5.74. The normalized spacial score (nSPS) is 10.5. The maximum absolute atomic E-state index is 12.6. The number of methoxy groups -OCH3 is 2. The van der Waals surface area contributed by atoms with Crippen LogP contribution < -0.4 is 14.8 Å². The van der Waals surface area contributed by atoms with Crippen molar-refractivity contribution in [3.05, 3.63) is 90.5 Å². The molecule has 4 rings (SSSR count). The highest BCUT2D eigenvalue weighted by Gasteiger charge is 2.12. The Balaban J connectivity index is 1.62. The van der Waals surface area contributed by atoms with Gasteiger partial charge < -0.3 is 9.47 Å². The van der Waals surface area contributed by atoms with E-state index in [1.54, 1.807) is 14.2 Å². The summed E-state index contributed by atoms with van der Waals surface area (Å²) in [6, 6.07) is 27.1. The second kappa shape index (κ2) is 10.4. The summed E-state index contributed by atoms with van der Waals surface area (Å²) < 4.78 is 10.5. The number of rotatable bonds is 8. The van der Waals surface area contributed by atoms with Crippen LogP contribution in [0.2, 0.25) is 0 Å². The van der Waals surface area contributed by atoms with Crippen LogP contribution in [0.15, 0.2) is 84.9 Å². The number of nitrogens with one attached hydrogen (secondary N) is 1. The minimum atomic E-state index is -0.133. The minimum absolute atomic E-state index is 0.133. The molecule has 0 bridgehead atoms. The van der Waals surface area contributed by atoms with Gasteiger partial charge in [0.1, 0.15) is 11.5 Å². The van der Waals surface area contributed by atoms with Crippen molar-refractivity contribution < 1.29 is 14.3 Å². The van der Waals surface area contributed by atoms with Gasteiger partial charge in [0.2, 0.25) is 11.9 Å². The molecule has 1 heterocycles. The largest absolute Gasteiger partial charge is 0.497 e. The van der Waals surface area contributed by atoms with E-state index in [-0.39, 0.29) is 11.9 Å². The fourth-order valence-electron chi connectivity index (χ4n) is 3.41. The molecule has 3 aromatic carbocycles. The van der Waals surface area contributed by atoms with Crippen LogP contribution in [0, 0.1) is 0 Å². The van der Waals surface area contributed by atoms with Crippen molar-refractivity contribution >= 4 is 11.9 Å². The van der Waals surface area contributed by atoms with E-state index in [9.17, 15) is 4.79 Å². The standard InChI is InChI=1S/C27H25N3O3/c1-32-22-13-9-20(10-14-22)24-18-25(21-11-15-23(33-2)16-12-21)29-27(28-24)30-26(31)17-8-19-6-4-3-5-7-19/h3-7,9-16,18H,8,17H2,1-2H3,(H,28,29,30,31). The first-order valence-corrected chi connectivity index (χ1v) is 10.7. The number of carbonyl (C=O) groups is 1. The number of aryl methyl sites for hydroxylation is 1. The topological polar surface area (TPSA) is 73.3 Å². The number of hydrogen-bond acceptors (Lipinski definition) is 5. The number of benzene rings is 3. The molecule has 1 aromatic heterocycles. The summed E-state index contributed by atoms with van der Waals surface area (Å²) in [7, 11) is 3.26. The van der Waals surface area contributed by atoms with Gasteiger partial charge in [0, 0.05) is 17.5 Å². The van der Waals surface area contributed by atoms with Gasteiger partial charge in [0.15, 0.2) is 0 Å². The van der Waals surface area contributed by atoms with E-state index in [1.165, 1.54) is 0 Å². The summed E-state index contributed by atoms with van der Waals surface area (Å²) >= 11 is 0. The van der Waals surface area contributed by atoms with Crippen LogP contribution in [0.4, 0.5) is 5.95 Å². The summed E-state index contributed by atoms with van der Waals surface area (Å²) in [5.74, 6) is 1.66. The molecule has 0 spiro atoms. The van der Waals surface area contributed by atoms with Crippen molar-refractivity contribution in [3.8, 4) is 34.0 Å². The third-order valence-corrected chi connectivity index (χ3v) is 5.23. The number of ether oxygens (including phenoxy) is 2. The second-order valence-corrected chi connectivity index (χ2v) is 7.45. The predicted molar refractivity (Wildman–Crippen MR) is 129 cm³/mol. The molecule has 4 aromatic rings. The van der Waals surface area contributed by atoms with Crippen molar-refractivity contribution in [2.45, 2.75) is 12.8 Å². The van der Waals surface area contributed by atoms with Crippen molar-refractivity contribution in [1.82, 2.24) is 9.97 Å². The van der Waals surface area contributed by atoms with Gasteiger partial charge in [-0.2, -0.15) is 0 Å². The fourth-order valence-corrected chi connectivity index (χ4v) is 3.41. The molecule has 6 heteroatoms. The molecule has 33 heavy (non-hydrogen) atoms. The Morgan fingerprint density at radius 2 is 1.27 bits per heavy atom. The van der Waals surface area contributed by atoms with Gasteiger partial charge in [-0.1, -0.05) is 30.3 Å². The lowest BCUT2D eigenvalue weighted by Crippen LogP contribution is -2.15. The molecule has 0 saturated carbocycles. The highest BCUT2D eigenvalue weighted by molar-refractivity contribution is 5.89. The molecule has 0 fully saturated rings. The molecule has 0 aliphatic heterocycles. The monoisotopic (exact) mass is 439 g/mol. The highest BCUT2D eigenvalue weighted by Crippen LogP contribution is 2.27. The molecule has 0 saturated heterocycles. The number of carbonyl (C=O) groups excluding carboxylic acids is 1. The van der Waals surface area contributed by atoms with Gasteiger partial charge in [-0.25, -0.2) is 9.97 Å². The van der Waals surface area contributed by atoms with Crippen LogP contribution in [0.25, 0.3) is 22.5 Å². The number of aromatic nitrogens is 2. The molecule has 0 aliphatic carbocycles. The van der Waals surface area contributed by atoms with E-state index in [1.807, 2.05) is 84.9 Å². The fraction of sp³-hybridized carbons (Fsp3) is 0.148. The number of anilines is 1. The maximum Gasteiger partial charge on any atom is 0.230 e. The van der Waals surface area contributed by atoms with Gasteiger partial charge >= 0.3 is 0 Å². The summed E-state index contributed by atoms with van der Waals surface area (Å²) in [5.41, 5.74) is 4.31. The Morgan fingerprint density at radius 1 is 0.758 bits per heavy atom. The Labute approximate surface area is 193 Å². The molecule has 1 amide bonds. The van der Waals surface area contributed by atoms with Crippen LogP contribution in [0.1, 0.15) is 12.0 Å². The second-order valence-electron chi connectivity index (χ2n) is 7.45. The van der Waals surface area contributed by atoms with E-state index < -0.39 is 0 Å². The number of hydrogen-bond donors (Lipinski definition) is 1. The predicted octanol–water partition coefficient (Wildman–Crippen LogP) is 5.40. The summed E-state index contributed by atoms with van der Waals surface area (Å²) in [6.45, 7) is 0. The van der Waals surface area contributed by atoms with Crippen LogP contribution in [-0.4, -0.2) is 30.1 Å². The van der Waals surface area contributed by atoms with E-state index in [4.69, 9.17) is 9.47 Å². The van der Waals surface area contributed by atoms with Gasteiger partial charge in [-0.05, 0) is 66.6 Å². The van der Waals surface area contributed by atoms with Crippen LogP contribution in [-0.2, 0) is 11.2 Å². The lowest BCUT2D eigenvalue weighted by Gasteiger charge is -2.11. The first kappa shape index (κ1) is 22.0. The molecule has 1 N–H and O–H groups in total. The minimum Gasteiger partial charge on any atom is -0.497 e. The summed E-state index contributed by atoms with van der Waals surface area (Å²) in [4.78, 5) is 21.8. The van der Waals surface area contributed by atoms with Crippen molar-refractivity contribution in [3.63, 3.8) is 0 Å². The summed E-state index contributed by atoms with van der Waals surface area (Å²) in [6.07, 6.45) is 0.994. The molecule has 0 atom stereocenters. The van der Waals surface area contributed by atoms with Gasteiger partial charge in [-0.3, -0.25) is 10.1 Å². The average Bonchev–Trinajstić information content (AvgIpc) is 2.88. The van der Waals surface area contributed by atoms with Crippen LogP contribution in [0.5, 0.6) is 11.5 Å². The molecular formula is C27H25N3O3. The summed E-state index contributed by atoms with van der Waals surface area (Å²) in [5, 5.41) is 2.87. The Hall–Kier alpha value is -4.19. The van der Waals surface area contributed by atoms with E-state index in [0.29, 0.717) is 24.2 Å². The number of nitrogens with zero attached hydrogens (tertiary/aromatic N) is 2. The van der Waals surface area contributed by atoms with Gasteiger partial charge in [0.25, 0.3) is 0 Å². The van der Waals surface area contributed by atoms with E-state index in [2.05, 4.69) is 15.3 Å². The molecular weight excluding hydrogens is 414 g/mol. The van der Waals surface area contributed by atoms with Gasteiger partial charge in [-0.15, -0.1) is 0 Å². The zero-order valence-corrected chi connectivity index (χ0v) is 18.6. The van der Waals surface area contributed by atoms with Crippen LogP contribution >= 0.6 is 0 Å². The Morgan fingerprint density at radius 3 is 1.76 bits per heavy atom. The quantitative estimate of drug-likeness (QED) is 0.398. The SMILES string of the molecule is COc1ccc(-c2cc(-c3ccc(OC)cc3)nc(NC(=O)CCc3ccccc3)n2)cc1. The smallest absolute Gasteiger partial charge is 0.230 e. The molecule has 0 aliphatic rings. The highest BCUT2D eigenvalue weighted by atomic mass is 16.5. The van der Waals surface area contributed by atoms with Crippen molar-refractivity contribution in [2.24, 2.45) is 0 Å². The van der Waals surface area contributed by atoms with E-state index >= 15 is 0 Å². The van der Waals surface area contributed by atoms with Gasteiger partial charge in [0.05, 0.1) is 25.6 Å². The first-order chi connectivity index (χ1) is 16.1. The van der Waals surface area contributed by atoms with Crippen molar-refractivity contribution in [1.29, 1.82) is 0 Å². The third-order valence-electron chi connectivity index (χ3n) is 5.23. The zero-order valence-electron chi connectivity index (χ0n) is 18.6. The molecule has 166 valence electrons. The first-order valence-electron chi connectivity index (χ1n) is 10.7. The molecule has 6 nitrogen and oxygen atoms in total.